The molecule has 3 rings (SSSR count). The van der Waals surface area contributed by atoms with Crippen molar-refractivity contribution < 1.29 is 13.5 Å². The summed E-state index contributed by atoms with van der Waals surface area (Å²) in [5.74, 6) is -1.25. The van der Waals surface area contributed by atoms with E-state index in [4.69, 9.17) is 4.74 Å². The molecule has 0 saturated heterocycles. The molecule has 98 valence electrons. The van der Waals surface area contributed by atoms with Gasteiger partial charge in [0.2, 0.25) is 0 Å². The quantitative estimate of drug-likeness (QED) is 0.854. The van der Waals surface area contributed by atoms with Gasteiger partial charge in [-0.3, -0.25) is 4.79 Å². The molecule has 1 aromatic carbocycles. The maximum atomic E-state index is 13.2. The molecule has 0 aliphatic carbocycles. The summed E-state index contributed by atoms with van der Waals surface area (Å²) in [5.41, 5.74) is 0.981. The average Bonchev–Trinajstić information content (AvgIpc) is 2.37. The minimum absolute atomic E-state index is 0.170. The molecule has 6 heteroatoms. The second-order valence-electron chi connectivity index (χ2n) is 4.30. The number of hydrogen-bond donors (Lipinski definition) is 1. The Labute approximate surface area is 107 Å². The van der Waals surface area contributed by atoms with Crippen molar-refractivity contribution >= 4 is 0 Å². The van der Waals surface area contributed by atoms with Gasteiger partial charge < -0.3 is 9.72 Å². The number of hydrogen-bond acceptors (Lipinski definition) is 3. The first-order valence-electron chi connectivity index (χ1n) is 5.80. The van der Waals surface area contributed by atoms with Crippen LogP contribution in [0, 0.1) is 11.6 Å². The van der Waals surface area contributed by atoms with Crippen molar-refractivity contribution in [3.8, 4) is 11.4 Å². The van der Waals surface area contributed by atoms with Gasteiger partial charge >= 0.3 is 0 Å². The molecule has 1 aliphatic heterocycles. The first kappa shape index (κ1) is 12.0. The average molecular weight is 264 g/mol. The number of fused-ring (bicyclic) bond motifs is 1. The van der Waals surface area contributed by atoms with E-state index in [0.717, 1.165) is 18.2 Å². The van der Waals surface area contributed by atoms with Crippen molar-refractivity contribution in [2.45, 2.75) is 13.0 Å². The van der Waals surface area contributed by atoms with E-state index in [-0.39, 0.29) is 23.6 Å². The van der Waals surface area contributed by atoms with Gasteiger partial charge in [-0.15, -0.1) is 0 Å². The van der Waals surface area contributed by atoms with E-state index in [0.29, 0.717) is 24.3 Å². The minimum Gasteiger partial charge on any atom is -0.376 e. The third-order valence-electron chi connectivity index (χ3n) is 2.97. The lowest BCUT2D eigenvalue weighted by atomic mass is 10.1. The van der Waals surface area contributed by atoms with Gasteiger partial charge in [0, 0.05) is 18.1 Å². The smallest absolute Gasteiger partial charge is 0.256 e. The largest absolute Gasteiger partial charge is 0.376 e. The Morgan fingerprint density at radius 2 is 1.95 bits per heavy atom. The molecule has 1 aromatic heterocycles. The SMILES string of the molecule is O=c1[nH]c(-c2cc(F)cc(F)c2)nc2c1COCC2. The zero-order valence-electron chi connectivity index (χ0n) is 9.87. The van der Waals surface area contributed by atoms with Crippen molar-refractivity contribution in [3.63, 3.8) is 0 Å². The van der Waals surface area contributed by atoms with Gasteiger partial charge in [0.25, 0.3) is 5.56 Å². The van der Waals surface area contributed by atoms with E-state index >= 15 is 0 Å². The normalized spacial score (nSPS) is 14.2. The standard InChI is InChI=1S/C13H10F2N2O2/c14-8-3-7(4-9(15)5-8)12-16-11-1-2-19-6-10(11)13(18)17-12/h3-5H,1-2,6H2,(H,16,17,18). The Kier molecular flexibility index (Phi) is 2.87. The fraction of sp³-hybridized carbons (Fsp3) is 0.231. The van der Waals surface area contributed by atoms with Crippen LogP contribution in [0.1, 0.15) is 11.3 Å². The minimum atomic E-state index is -0.710. The van der Waals surface area contributed by atoms with Crippen LogP contribution in [0.15, 0.2) is 23.0 Å². The fourth-order valence-electron chi connectivity index (χ4n) is 2.07. The van der Waals surface area contributed by atoms with Crippen LogP contribution in [0.4, 0.5) is 8.78 Å². The fourth-order valence-corrected chi connectivity index (χ4v) is 2.07. The molecular weight excluding hydrogens is 254 g/mol. The third-order valence-corrected chi connectivity index (χ3v) is 2.97. The molecule has 0 saturated carbocycles. The molecule has 0 spiro atoms. The van der Waals surface area contributed by atoms with Gasteiger partial charge in [-0.1, -0.05) is 0 Å². The summed E-state index contributed by atoms with van der Waals surface area (Å²) in [6.07, 6.45) is 0.518. The van der Waals surface area contributed by atoms with Gasteiger partial charge in [-0.25, -0.2) is 13.8 Å². The maximum Gasteiger partial charge on any atom is 0.256 e. The molecule has 0 bridgehead atoms. The van der Waals surface area contributed by atoms with Crippen LogP contribution >= 0.6 is 0 Å². The van der Waals surface area contributed by atoms with E-state index in [9.17, 15) is 13.6 Å². The summed E-state index contributed by atoms with van der Waals surface area (Å²) in [7, 11) is 0. The second-order valence-corrected chi connectivity index (χ2v) is 4.30. The monoisotopic (exact) mass is 264 g/mol. The lowest BCUT2D eigenvalue weighted by Crippen LogP contribution is -2.24. The number of H-pyrrole nitrogens is 1. The van der Waals surface area contributed by atoms with Gasteiger partial charge in [-0.2, -0.15) is 0 Å². The van der Waals surface area contributed by atoms with E-state index in [1.165, 1.54) is 0 Å². The van der Waals surface area contributed by atoms with Crippen molar-refractivity contribution in [1.82, 2.24) is 9.97 Å². The summed E-state index contributed by atoms with van der Waals surface area (Å²) < 4.78 is 31.5. The van der Waals surface area contributed by atoms with E-state index < -0.39 is 11.6 Å². The van der Waals surface area contributed by atoms with Crippen LogP contribution in [0.3, 0.4) is 0 Å². The number of nitrogens with one attached hydrogen (secondary N) is 1. The summed E-state index contributed by atoms with van der Waals surface area (Å²) in [5, 5.41) is 0. The van der Waals surface area contributed by atoms with Crippen LogP contribution < -0.4 is 5.56 Å². The molecule has 0 amide bonds. The summed E-state index contributed by atoms with van der Waals surface area (Å²) in [4.78, 5) is 18.6. The van der Waals surface area contributed by atoms with Gasteiger partial charge in [0.1, 0.15) is 17.5 Å². The van der Waals surface area contributed by atoms with E-state index in [1.807, 2.05) is 0 Å². The molecule has 1 aliphatic rings. The van der Waals surface area contributed by atoms with Gasteiger partial charge in [0.15, 0.2) is 0 Å². The first-order chi connectivity index (χ1) is 9.13. The highest BCUT2D eigenvalue weighted by molar-refractivity contribution is 5.55. The number of benzene rings is 1. The second kappa shape index (κ2) is 4.55. The number of aromatic amines is 1. The number of nitrogens with zero attached hydrogens (tertiary/aromatic N) is 1. The molecule has 0 atom stereocenters. The highest BCUT2D eigenvalue weighted by Crippen LogP contribution is 2.19. The third kappa shape index (κ3) is 2.26. The number of ether oxygens (including phenoxy) is 1. The molecule has 1 N–H and O–H groups in total. The Balaban J connectivity index is 2.15. The van der Waals surface area contributed by atoms with Crippen LogP contribution in [-0.2, 0) is 17.8 Å². The predicted molar refractivity (Wildman–Crippen MR) is 63.6 cm³/mol. The summed E-state index contributed by atoms with van der Waals surface area (Å²) in [6.45, 7) is 0.704. The molecule has 19 heavy (non-hydrogen) atoms. The van der Waals surface area contributed by atoms with Gasteiger partial charge in [-0.05, 0) is 12.1 Å². The maximum absolute atomic E-state index is 13.2. The van der Waals surface area contributed by atoms with Crippen molar-refractivity contribution in [1.29, 1.82) is 0 Å². The van der Waals surface area contributed by atoms with Crippen molar-refractivity contribution in [2.75, 3.05) is 6.61 Å². The Morgan fingerprint density at radius 3 is 2.68 bits per heavy atom. The van der Waals surface area contributed by atoms with Crippen LogP contribution in [0.25, 0.3) is 11.4 Å². The highest BCUT2D eigenvalue weighted by atomic mass is 19.1. The number of rotatable bonds is 1. The molecule has 2 heterocycles. The van der Waals surface area contributed by atoms with Crippen molar-refractivity contribution in [3.05, 3.63) is 51.4 Å². The molecular formula is C13H10F2N2O2. The van der Waals surface area contributed by atoms with E-state index in [1.54, 1.807) is 0 Å². The molecule has 0 radical (unpaired) electrons. The Morgan fingerprint density at radius 1 is 1.21 bits per heavy atom. The molecule has 0 unspecified atom stereocenters. The van der Waals surface area contributed by atoms with Crippen LogP contribution in [0.2, 0.25) is 0 Å². The first-order valence-corrected chi connectivity index (χ1v) is 5.80. The van der Waals surface area contributed by atoms with Crippen molar-refractivity contribution in [2.24, 2.45) is 0 Å². The zero-order chi connectivity index (χ0) is 13.4. The zero-order valence-corrected chi connectivity index (χ0v) is 9.87. The molecule has 0 fully saturated rings. The van der Waals surface area contributed by atoms with E-state index in [2.05, 4.69) is 9.97 Å². The summed E-state index contributed by atoms with van der Waals surface area (Å²) in [6, 6.07) is 3.04. The van der Waals surface area contributed by atoms with Crippen LogP contribution in [-0.4, -0.2) is 16.6 Å². The lowest BCUT2D eigenvalue weighted by Gasteiger charge is -2.15. The topological polar surface area (TPSA) is 55.0 Å². The molecule has 2 aromatic rings. The summed E-state index contributed by atoms with van der Waals surface area (Å²) >= 11 is 0. The van der Waals surface area contributed by atoms with Crippen LogP contribution in [0.5, 0.6) is 0 Å². The highest BCUT2D eigenvalue weighted by Gasteiger charge is 2.17. The number of halogens is 2. The van der Waals surface area contributed by atoms with Gasteiger partial charge in [0.05, 0.1) is 24.5 Å². The Hall–Kier alpha value is -2.08. The Bertz CT molecular complexity index is 677. The number of aromatic nitrogens is 2. The lowest BCUT2D eigenvalue weighted by molar-refractivity contribution is 0.108. The molecule has 4 nitrogen and oxygen atoms in total. The predicted octanol–water partition coefficient (Wildman–Crippen LogP) is 1.79.